The lowest BCUT2D eigenvalue weighted by molar-refractivity contribution is -0.384. The number of carbonyl (C=O) groups excluding carboxylic acids is 1. The molecule has 0 aliphatic rings. The van der Waals surface area contributed by atoms with Crippen LogP contribution in [0.4, 0.5) is 11.4 Å². The molecule has 0 atom stereocenters. The number of rotatable bonds is 5. The minimum absolute atomic E-state index is 0.0446. The van der Waals surface area contributed by atoms with Crippen molar-refractivity contribution in [3.63, 3.8) is 0 Å². The highest BCUT2D eigenvalue weighted by molar-refractivity contribution is 7.80. The molecule has 0 saturated heterocycles. The molecule has 2 N–H and O–H groups in total. The first-order chi connectivity index (χ1) is 12.3. The maximum atomic E-state index is 12.0. The standard InChI is InChI=1S/C18H19N3O4S/c1-11-4-5-13(3)16(8-11)25-10-17(22)20-18(26)19-15-9-14(21(23)24)7-6-12(15)2/h4-9H,10H2,1-3H3,(H2,19,20,22,26). The highest BCUT2D eigenvalue weighted by Gasteiger charge is 2.12. The molecular weight excluding hydrogens is 354 g/mol. The molecule has 7 nitrogen and oxygen atoms in total. The molecule has 2 rings (SSSR count). The Hall–Kier alpha value is -3.00. The van der Waals surface area contributed by atoms with Crippen molar-refractivity contribution in [2.24, 2.45) is 0 Å². The van der Waals surface area contributed by atoms with Gasteiger partial charge in [0.1, 0.15) is 5.75 Å². The topological polar surface area (TPSA) is 93.5 Å². The molecular formula is C18H19N3O4S. The number of nitro benzene ring substituents is 1. The third-order valence-electron chi connectivity index (χ3n) is 3.64. The van der Waals surface area contributed by atoms with Crippen molar-refractivity contribution in [3.05, 3.63) is 63.2 Å². The van der Waals surface area contributed by atoms with Gasteiger partial charge in [0.15, 0.2) is 11.7 Å². The van der Waals surface area contributed by atoms with Gasteiger partial charge >= 0.3 is 0 Å². The molecule has 0 fully saturated rings. The second-order valence-corrected chi connectivity index (χ2v) is 6.22. The Morgan fingerprint density at radius 2 is 1.85 bits per heavy atom. The fourth-order valence-electron chi connectivity index (χ4n) is 2.18. The third kappa shape index (κ3) is 5.25. The SMILES string of the molecule is Cc1ccc(C)c(OCC(=O)NC(=S)Nc2cc([N+](=O)[O-])ccc2C)c1. The van der Waals surface area contributed by atoms with Gasteiger partial charge in [0.2, 0.25) is 0 Å². The summed E-state index contributed by atoms with van der Waals surface area (Å²) < 4.78 is 5.52. The largest absolute Gasteiger partial charge is 0.483 e. The van der Waals surface area contributed by atoms with Crippen molar-refractivity contribution in [2.45, 2.75) is 20.8 Å². The van der Waals surface area contributed by atoms with Crippen molar-refractivity contribution >= 4 is 34.6 Å². The molecule has 0 bridgehead atoms. The number of thiocarbonyl (C=S) groups is 1. The minimum Gasteiger partial charge on any atom is -0.483 e. The van der Waals surface area contributed by atoms with Crippen LogP contribution in [-0.4, -0.2) is 22.5 Å². The molecule has 0 spiro atoms. The summed E-state index contributed by atoms with van der Waals surface area (Å²) in [5.41, 5.74) is 3.12. The van der Waals surface area contributed by atoms with Gasteiger partial charge in [-0.1, -0.05) is 18.2 Å². The summed E-state index contributed by atoms with van der Waals surface area (Å²) in [4.78, 5) is 22.4. The van der Waals surface area contributed by atoms with Crippen LogP contribution in [-0.2, 0) is 4.79 Å². The van der Waals surface area contributed by atoms with E-state index in [1.54, 1.807) is 13.0 Å². The lowest BCUT2D eigenvalue weighted by Crippen LogP contribution is -2.37. The van der Waals surface area contributed by atoms with Crippen LogP contribution >= 0.6 is 12.2 Å². The number of anilines is 1. The van der Waals surface area contributed by atoms with Crippen molar-refractivity contribution in [1.29, 1.82) is 0 Å². The van der Waals surface area contributed by atoms with Crippen LogP contribution in [0.1, 0.15) is 16.7 Å². The molecule has 136 valence electrons. The van der Waals surface area contributed by atoms with Crippen LogP contribution in [0.5, 0.6) is 5.75 Å². The summed E-state index contributed by atoms with van der Waals surface area (Å²) in [7, 11) is 0. The van der Waals surface area contributed by atoms with Gasteiger partial charge in [-0.15, -0.1) is 0 Å². The van der Waals surface area contributed by atoms with E-state index in [9.17, 15) is 14.9 Å². The highest BCUT2D eigenvalue weighted by atomic mass is 32.1. The Morgan fingerprint density at radius 3 is 2.54 bits per heavy atom. The summed E-state index contributed by atoms with van der Waals surface area (Å²) in [6, 6.07) is 10.1. The molecule has 0 saturated carbocycles. The van der Waals surface area contributed by atoms with E-state index >= 15 is 0 Å². The van der Waals surface area contributed by atoms with Crippen molar-refractivity contribution in [2.75, 3.05) is 11.9 Å². The molecule has 0 aliphatic carbocycles. The van der Waals surface area contributed by atoms with Gasteiger partial charge in [-0.05, 0) is 55.7 Å². The Balaban J connectivity index is 1.93. The van der Waals surface area contributed by atoms with Crippen molar-refractivity contribution in [1.82, 2.24) is 5.32 Å². The molecule has 0 unspecified atom stereocenters. The Kier molecular flexibility index (Phi) is 6.24. The fourth-order valence-corrected chi connectivity index (χ4v) is 2.40. The number of amides is 1. The zero-order valence-electron chi connectivity index (χ0n) is 14.7. The molecule has 0 aromatic heterocycles. The van der Waals surface area contributed by atoms with Gasteiger partial charge in [-0.3, -0.25) is 20.2 Å². The zero-order chi connectivity index (χ0) is 19.3. The predicted molar refractivity (Wildman–Crippen MR) is 104 cm³/mol. The van der Waals surface area contributed by atoms with Crippen LogP contribution in [0.25, 0.3) is 0 Å². The van der Waals surface area contributed by atoms with Gasteiger partial charge in [0.25, 0.3) is 11.6 Å². The van der Waals surface area contributed by atoms with Gasteiger partial charge in [0.05, 0.1) is 4.92 Å². The van der Waals surface area contributed by atoms with E-state index < -0.39 is 10.8 Å². The molecule has 26 heavy (non-hydrogen) atoms. The first kappa shape index (κ1) is 19.3. The molecule has 0 aliphatic heterocycles. The van der Waals surface area contributed by atoms with E-state index in [1.165, 1.54) is 12.1 Å². The van der Waals surface area contributed by atoms with E-state index in [-0.39, 0.29) is 17.4 Å². The number of non-ortho nitro benzene ring substituents is 1. The summed E-state index contributed by atoms with van der Waals surface area (Å²) >= 11 is 5.09. The first-order valence-corrected chi connectivity index (χ1v) is 8.23. The number of hydrogen-bond acceptors (Lipinski definition) is 5. The number of carbonyl (C=O) groups is 1. The second-order valence-electron chi connectivity index (χ2n) is 5.82. The van der Waals surface area contributed by atoms with E-state index in [0.29, 0.717) is 11.4 Å². The first-order valence-electron chi connectivity index (χ1n) is 7.82. The number of ether oxygens (including phenoxy) is 1. The fraction of sp³-hybridized carbons (Fsp3) is 0.222. The van der Waals surface area contributed by atoms with Gasteiger partial charge in [-0.2, -0.15) is 0 Å². The molecule has 1 amide bonds. The average Bonchev–Trinajstić information content (AvgIpc) is 2.57. The number of nitrogens with zero attached hydrogens (tertiary/aromatic N) is 1. The van der Waals surface area contributed by atoms with Crippen molar-refractivity contribution in [3.8, 4) is 5.75 Å². The summed E-state index contributed by atoms with van der Waals surface area (Å²) in [6.45, 7) is 5.41. The quantitative estimate of drug-likeness (QED) is 0.474. The lowest BCUT2D eigenvalue weighted by atomic mass is 10.1. The van der Waals surface area contributed by atoms with Crippen molar-refractivity contribution < 1.29 is 14.5 Å². The normalized spacial score (nSPS) is 10.1. The number of nitro groups is 1. The summed E-state index contributed by atoms with van der Waals surface area (Å²) in [5, 5.41) is 16.2. The summed E-state index contributed by atoms with van der Waals surface area (Å²) in [6.07, 6.45) is 0. The summed E-state index contributed by atoms with van der Waals surface area (Å²) in [5.74, 6) is 0.208. The highest BCUT2D eigenvalue weighted by Crippen LogP contribution is 2.22. The average molecular weight is 373 g/mol. The maximum Gasteiger partial charge on any atom is 0.271 e. The van der Waals surface area contributed by atoms with E-state index in [1.807, 2.05) is 32.0 Å². The van der Waals surface area contributed by atoms with E-state index in [2.05, 4.69) is 10.6 Å². The maximum absolute atomic E-state index is 12.0. The Morgan fingerprint density at radius 1 is 1.15 bits per heavy atom. The number of benzene rings is 2. The number of hydrogen-bond donors (Lipinski definition) is 2. The number of nitrogens with one attached hydrogen (secondary N) is 2. The molecule has 2 aromatic rings. The zero-order valence-corrected chi connectivity index (χ0v) is 15.5. The molecule has 8 heteroatoms. The Bertz CT molecular complexity index is 868. The van der Waals surface area contributed by atoms with Gasteiger partial charge in [-0.25, -0.2) is 0 Å². The molecule has 0 radical (unpaired) electrons. The Labute approximate surface area is 156 Å². The third-order valence-corrected chi connectivity index (χ3v) is 3.84. The predicted octanol–water partition coefficient (Wildman–Crippen LogP) is 3.41. The van der Waals surface area contributed by atoms with Crippen LogP contribution in [0.15, 0.2) is 36.4 Å². The second kappa shape index (κ2) is 8.39. The monoisotopic (exact) mass is 373 g/mol. The molecule has 2 aromatic carbocycles. The minimum atomic E-state index is -0.496. The van der Waals surface area contributed by atoms with E-state index in [4.69, 9.17) is 17.0 Å². The van der Waals surface area contributed by atoms with E-state index in [0.717, 1.165) is 16.7 Å². The van der Waals surface area contributed by atoms with Crippen LogP contribution < -0.4 is 15.4 Å². The van der Waals surface area contributed by atoms with Gasteiger partial charge in [0, 0.05) is 17.8 Å². The van der Waals surface area contributed by atoms with Crippen LogP contribution in [0.3, 0.4) is 0 Å². The molecule has 0 heterocycles. The van der Waals surface area contributed by atoms with Gasteiger partial charge < -0.3 is 10.1 Å². The number of aryl methyl sites for hydroxylation is 3. The van der Waals surface area contributed by atoms with Crippen LogP contribution in [0, 0.1) is 30.9 Å². The smallest absolute Gasteiger partial charge is 0.271 e. The van der Waals surface area contributed by atoms with Crippen LogP contribution in [0.2, 0.25) is 0 Å². The lowest BCUT2D eigenvalue weighted by Gasteiger charge is -2.13.